The van der Waals surface area contributed by atoms with E-state index in [4.69, 9.17) is 0 Å². The number of benzene rings is 1. The van der Waals surface area contributed by atoms with E-state index in [9.17, 15) is 10.1 Å². The molecule has 1 aliphatic rings. The number of nitro benzene ring substituents is 1. The summed E-state index contributed by atoms with van der Waals surface area (Å²) in [6.07, 6.45) is 2.24. The Kier molecular flexibility index (Phi) is 4.50. The molecular weight excluding hydrogens is 242 g/mol. The molecule has 2 rings (SSSR count). The van der Waals surface area contributed by atoms with E-state index in [0.717, 1.165) is 42.6 Å². The van der Waals surface area contributed by atoms with Crippen molar-refractivity contribution in [2.75, 3.05) is 13.1 Å². The number of nitro groups is 1. The van der Waals surface area contributed by atoms with Crippen molar-refractivity contribution in [3.8, 4) is 0 Å². The molecule has 19 heavy (non-hydrogen) atoms. The molecule has 0 aromatic heterocycles. The molecule has 5 nitrogen and oxygen atoms in total. The average molecular weight is 263 g/mol. The lowest BCUT2D eigenvalue weighted by Gasteiger charge is -2.24. The number of hydrogen-bond donors (Lipinski definition) is 2. The molecule has 5 heteroatoms. The summed E-state index contributed by atoms with van der Waals surface area (Å²) in [7, 11) is 0. The van der Waals surface area contributed by atoms with E-state index in [1.54, 1.807) is 6.07 Å². The molecule has 0 spiro atoms. The van der Waals surface area contributed by atoms with Gasteiger partial charge in [0.15, 0.2) is 0 Å². The van der Waals surface area contributed by atoms with Crippen molar-refractivity contribution in [3.05, 3.63) is 38.9 Å². The van der Waals surface area contributed by atoms with E-state index < -0.39 is 0 Å². The van der Waals surface area contributed by atoms with E-state index in [0.29, 0.717) is 12.6 Å². The van der Waals surface area contributed by atoms with Crippen molar-refractivity contribution in [2.24, 2.45) is 0 Å². The van der Waals surface area contributed by atoms with Crippen LogP contribution in [-0.4, -0.2) is 24.1 Å². The summed E-state index contributed by atoms with van der Waals surface area (Å²) >= 11 is 0. The van der Waals surface area contributed by atoms with Crippen molar-refractivity contribution in [2.45, 2.75) is 39.3 Å². The predicted molar refractivity (Wildman–Crippen MR) is 75.3 cm³/mol. The van der Waals surface area contributed by atoms with Crippen LogP contribution >= 0.6 is 0 Å². The zero-order chi connectivity index (χ0) is 13.8. The second-order valence-corrected chi connectivity index (χ2v) is 5.23. The maximum Gasteiger partial charge on any atom is 0.272 e. The maximum absolute atomic E-state index is 11.0. The molecule has 0 atom stereocenters. The van der Waals surface area contributed by atoms with Gasteiger partial charge in [-0.05, 0) is 50.9 Å². The molecule has 0 radical (unpaired) electrons. The van der Waals surface area contributed by atoms with E-state index in [1.165, 1.54) is 0 Å². The monoisotopic (exact) mass is 263 g/mol. The van der Waals surface area contributed by atoms with Gasteiger partial charge < -0.3 is 10.6 Å². The van der Waals surface area contributed by atoms with Crippen molar-refractivity contribution in [1.82, 2.24) is 10.6 Å². The van der Waals surface area contributed by atoms with Crippen molar-refractivity contribution in [3.63, 3.8) is 0 Å². The second-order valence-electron chi connectivity index (χ2n) is 5.23. The summed E-state index contributed by atoms with van der Waals surface area (Å²) in [6, 6.07) is 4.19. The van der Waals surface area contributed by atoms with Crippen LogP contribution in [0.4, 0.5) is 5.69 Å². The second kappa shape index (κ2) is 6.12. The highest BCUT2D eigenvalue weighted by atomic mass is 16.6. The Morgan fingerprint density at radius 2 is 2.05 bits per heavy atom. The van der Waals surface area contributed by atoms with Crippen LogP contribution < -0.4 is 10.6 Å². The molecule has 2 N–H and O–H groups in total. The minimum Gasteiger partial charge on any atom is -0.317 e. The minimum atomic E-state index is -0.295. The van der Waals surface area contributed by atoms with Gasteiger partial charge in [0.1, 0.15) is 0 Å². The third kappa shape index (κ3) is 3.52. The normalized spacial score (nSPS) is 16.5. The van der Waals surface area contributed by atoms with Crippen LogP contribution in [0.2, 0.25) is 0 Å². The summed E-state index contributed by atoms with van der Waals surface area (Å²) in [5.74, 6) is 0. The molecule has 0 amide bonds. The van der Waals surface area contributed by atoms with E-state index >= 15 is 0 Å². The van der Waals surface area contributed by atoms with Crippen LogP contribution in [-0.2, 0) is 6.54 Å². The summed E-state index contributed by atoms with van der Waals surface area (Å²) in [4.78, 5) is 10.7. The number of nitrogens with zero attached hydrogens (tertiary/aromatic N) is 1. The highest BCUT2D eigenvalue weighted by Gasteiger charge is 2.17. The van der Waals surface area contributed by atoms with E-state index in [2.05, 4.69) is 10.6 Å². The van der Waals surface area contributed by atoms with Crippen LogP contribution in [0.3, 0.4) is 0 Å². The average Bonchev–Trinajstić information content (AvgIpc) is 2.40. The van der Waals surface area contributed by atoms with Crippen LogP contribution in [0.1, 0.15) is 29.5 Å². The molecule has 1 aromatic rings. The van der Waals surface area contributed by atoms with Crippen molar-refractivity contribution in [1.29, 1.82) is 0 Å². The quantitative estimate of drug-likeness (QED) is 0.644. The first-order valence-corrected chi connectivity index (χ1v) is 6.76. The minimum absolute atomic E-state index is 0.224. The van der Waals surface area contributed by atoms with Gasteiger partial charge in [-0.2, -0.15) is 0 Å². The number of rotatable bonds is 4. The lowest BCUT2D eigenvalue weighted by molar-refractivity contribution is -0.385. The molecule has 1 saturated heterocycles. The van der Waals surface area contributed by atoms with E-state index in [-0.39, 0.29) is 10.6 Å². The van der Waals surface area contributed by atoms with Crippen LogP contribution in [0.5, 0.6) is 0 Å². The molecule has 1 heterocycles. The fourth-order valence-electron chi connectivity index (χ4n) is 2.57. The molecule has 1 fully saturated rings. The molecule has 0 unspecified atom stereocenters. The Balaban J connectivity index is 2.08. The highest BCUT2D eigenvalue weighted by Crippen LogP contribution is 2.23. The SMILES string of the molecule is Cc1cc(CNC2CCNCC2)c(C)c([N+](=O)[O-])c1. The Morgan fingerprint density at radius 3 is 2.68 bits per heavy atom. The van der Waals surface area contributed by atoms with Gasteiger partial charge in [0.25, 0.3) is 5.69 Å². The Labute approximate surface area is 113 Å². The van der Waals surface area contributed by atoms with Gasteiger partial charge in [0, 0.05) is 24.2 Å². The van der Waals surface area contributed by atoms with Gasteiger partial charge in [-0.15, -0.1) is 0 Å². The smallest absolute Gasteiger partial charge is 0.272 e. The van der Waals surface area contributed by atoms with Gasteiger partial charge in [-0.25, -0.2) is 0 Å². The molecule has 0 aliphatic carbocycles. The van der Waals surface area contributed by atoms with Gasteiger partial charge >= 0.3 is 0 Å². The lowest BCUT2D eigenvalue weighted by atomic mass is 10.0. The largest absolute Gasteiger partial charge is 0.317 e. The highest BCUT2D eigenvalue weighted by molar-refractivity contribution is 5.47. The number of hydrogen-bond acceptors (Lipinski definition) is 4. The third-order valence-corrected chi connectivity index (χ3v) is 3.75. The van der Waals surface area contributed by atoms with Crippen LogP contribution in [0.15, 0.2) is 12.1 Å². The molecule has 1 aliphatic heterocycles. The van der Waals surface area contributed by atoms with Crippen LogP contribution in [0, 0.1) is 24.0 Å². The third-order valence-electron chi connectivity index (χ3n) is 3.75. The Hall–Kier alpha value is -1.46. The fourth-order valence-corrected chi connectivity index (χ4v) is 2.57. The summed E-state index contributed by atoms with van der Waals surface area (Å²) in [6.45, 7) is 6.53. The Morgan fingerprint density at radius 1 is 1.37 bits per heavy atom. The Bertz CT molecular complexity index is 468. The first-order valence-electron chi connectivity index (χ1n) is 6.76. The number of aryl methyl sites for hydroxylation is 1. The van der Waals surface area contributed by atoms with Crippen LogP contribution in [0.25, 0.3) is 0 Å². The van der Waals surface area contributed by atoms with Gasteiger partial charge in [0.2, 0.25) is 0 Å². The first kappa shape index (κ1) is 14.0. The maximum atomic E-state index is 11.0. The summed E-state index contributed by atoms with van der Waals surface area (Å²) in [5.41, 5.74) is 2.98. The molecule has 0 saturated carbocycles. The van der Waals surface area contributed by atoms with Gasteiger partial charge in [0.05, 0.1) is 4.92 Å². The molecular formula is C14H21N3O2. The fraction of sp³-hybridized carbons (Fsp3) is 0.571. The molecule has 1 aromatic carbocycles. The van der Waals surface area contributed by atoms with E-state index in [1.807, 2.05) is 19.9 Å². The molecule has 104 valence electrons. The topological polar surface area (TPSA) is 67.2 Å². The van der Waals surface area contributed by atoms with Crippen molar-refractivity contribution < 1.29 is 4.92 Å². The number of nitrogens with one attached hydrogen (secondary N) is 2. The van der Waals surface area contributed by atoms with Gasteiger partial charge in [-0.3, -0.25) is 10.1 Å². The zero-order valence-corrected chi connectivity index (χ0v) is 11.5. The zero-order valence-electron chi connectivity index (χ0n) is 11.5. The van der Waals surface area contributed by atoms with Gasteiger partial charge in [-0.1, -0.05) is 6.07 Å². The predicted octanol–water partition coefficient (Wildman–Crippen LogP) is 2.05. The van der Waals surface area contributed by atoms with Crippen molar-refractivity contribution >= 4 is 5.69 Å². The lowest BCUT2D eigenvalue weighted by Crippen LogP contribution is -2.39. The summed E-state index contributed by atoms with van der Waals surface area (Å²) in [5, 5.41) is 17.8. The molecule has 0 bridgehead atoms. The standard InChI is InChI=1S/C14H21N3O2/c1-10-7-12(11(2)14(8-10)17(18)19)9-16-13-3-5-15-6-4-13/h7-8,13,15-16H,3-6,9H2,1-2H3. The first-order chi connectivity index (χ1) is 9.08. The summed E-state index contributed by atoms with van der Waals surface area (Å²) < 4.78 is 0. The number of piperidine rings is 1.